The molecule has 2 saturated heterocycles. The van der Waals surface area contributed by atoms with Gasteiger partial charge in [-0.3, -0.25) is 4.79 Å². The summed E-state index contributed by atoms with van der Waals surface area (Å²) in [6.07, 6.45) is 9.30. The second-order valence-electron chi connectivity index (χ2n) is 9.58. The number of unbranched alkanes of at least 4 members (excludes halogenated alkanes) is 1. The number of esters is 1. The van der Waals surface area contributed by atoms with Crippen molar-refractivity contribution in [2.75, 3.05) is 26.4 Å². The Morgan fingerprint density at radius 1 is 1.06 bits per heavy atom. The van der Waals surface area contributed by atoms with Crippen LogP contribution in [0.4, 0.5) is 0 Å². The quantitative estimate of drug-likeness (QED) is 0.240. The molecule has 0 spiro atoms. The summed E-state index contributed by atoms with van der Waals surface area (Å²) in [7, 11) is 0. The third-order valence-electron chi connectivity index (χ3n) is 5.89. The number of aliphatic hydroxyl groups excluding tert-OH is 1. The van der Waals surface area contributed by atoms with Gasteiger partial charge >= 0.3 is 5.97 Å². The maximum Gasteiger partial charge on any atom is 0.337 e. The number of allylic oxidation sites excluding steroid dienone is 2. The fourth-order valence-corrected chi connectivity index (χ4v) is 4.45. The first kappa shape index (κ1) is 26.8. The molecule has 0 unspecified atom stereocenters. The maximum atomic E-state index is 12.7. The summed E-state index contributed by atoms with van der Waals surface area (Å²) in [6.45, 7) is 7.02. The van der Waals surface area contributed by atoms with Gasteiger partial charge in [0.1, 0.15) is 11.5 Å². The number of cyclic esters (lactones) is 1. The van der Waals surface area contributed by atoms with Crippen LogP contribution < -0.4 is 0 Å². The van der Waals surface area contributed by atoms with Crippen LogP contribution in [0.25, 0.3) is 0 Å². The van der Waals surface area contributed by atoms with Gasteiger partial charge in [-0.1, -0.05) is 6.08 Å². The first-order valence-electron chi connectivity index (χ1n) is 12.2. The van der Waals surface area contributed by atoms with Gasteiger partial charge in [-0.25, -0.2) is 4.79 Å². The lowest BCUT2D eigenvalue weighted by atomic mass is 10.00. The normalized spacial score (nSPS) is 24.0. The lowest BCUT2D eigenvalue weighted by Gasteiger charge is -2.30. The smallest absolute Gasteiger partial charge is 0.337 e. The molecule has 0 aliphatic carbocycles. The molecule has 0 bridgehead atoms. The summed E-state index contributed by atoms with van der Waals surface area (Å²) in [5, 5.41) is 9.50. The van der Waals surface area contributed by atoms with Crippen LogP contribution in [0.2, 0.25) is 0 Å². The molecule has 0 aromatic heterocycles. The summed E-state index contributed by atoms with van der Waals surface area (Å²) in [4.78, 5) is 24.4. The SMILES string of the molecule is C[C@H](O)CCCC1(CCC/C=C/C2(CC(=O)CC3=CC(=O)OC(C)(C)O3)OCCO2)OCCO1. The predicted octanol–water partition coefficient (Wildman–Crippen LogP) is 3.29. The standard InChI is InChI=1S/C25H38O9/c1-19(26)8-7-11-24(29-12-13-30-24)9-5-4-6-10-25(31-14-15-32-25)18-20(27)16-21-17-22(28)34-23(2,3)33-21/h6,10,17,19,26H,4-5,7-9,11-16,18H2,1-3H3/b10-6+/t19-/m0/s1. The number of carbonyl (C=O) groups is 2. The number of Topliss-reactive ketones (excluding diaryl/α,β-unsaturated/α-hetero) is 1. The van der Waals surface area contributed by atoms with E-state index >= 15 is 0 Å². The van der Waals surface area contributed by atoms with E-state index in [2.05, 4.69) is 0 Å². The lowest BCUT2D eigenvalue weighted by molar-refractivity contribution is -0.205. The van der Waals surface area contributed by atoms with Gasteiger partial charge in [0.25, 0.3) is 0 Å². The van der Waals surface area contributed by atoms with Crippen LogP contribution in [-0.2, 0) is 38.0 Å². The molecule has 0 aromatic rings. The highest BCUT2D eigenvalue weighted by molar-refractivity contribution is 5.87. The van der Waals surface area contributed by atoms with Gasteiger partial charge in [-0.15, -0.1) is 0 Å². The van der Waals surface area contributed by atoms with Gasteiger partial charge in [0, 0.05) is 26.7 Å². The molecule has 1 N–H and O–H groups in total. The number of rotatable bonds is 13. The number of hydrogen-bond donors (Lipinski definition) is 1. The Labute approximate surface area is 201 Å². The molecule has 3 aliphatic rings. The number of carbonyl (C=O) groups excluding carboxylic acids is 2. The van der Waals surface area contributed by atoms with Gasteiger partial charge < -0.3 is 33.5 Å². The third-order valence-corrected chi connectivity index (χ3v) is 5.89. The monoisotopic (exact) mass is 482 g/mol. The molecule has 192 valence electrons. The summed E-state index contributed by atoms with van der Waals surface area (Å²) in [5.74, 6) is -3.17. The van der Waals surface area contributed by atoms with Crippen LogP contribution >= 0.6 is 0 Å². The molecular weight excluding hydrogens is 444 g/mol. The van der Waals surface area contributed by atoms with Gasteiger partial charge in [-0.05, 0) is 38.7 Å². The zero-order valence-corrected chi connectivity index (χ0v) is 20.5. The second kappa shape index (κ2) is 11.8. The van der Waals surface area contributed by atoms with Crippen molar-refractivity contribution in [2.24, 2.45) is 0 Å². The van der Waals surface area contributed by atoms with E-state index in [1.54, 1.807) is 20.8 Å². The van der Waals surface area contributed by atoms with Crippen LogP contribution in [0, 0.1) is 0 Å². The predicted molar refractivity (Wildman–Crippen MR) is 121 cm³/mol. The molecular formula is C25H38O9. The van der Waals surface area contributed by atoms with E-state index < -0.39 is 23.3 Å². The van der Waals surface area contributed by atoms with E-state index in [0.29, 0.717) is 26.4 Å². The third kappa shape index (κ3) is 8.16. The molecule has 3 rings (SSSR count). The van der Waals surface area contributed by atoms with Crippen molar-refractivity contribution >= 4 is 11.8 Å². The van der Waals surface area contributed by atoms with Gasteiger partial charge in [0.15, 0.2) is 11.6 Å². The molecule has 1 atom stereocenters. The largest absolute Gasteiger partial charge is 0.456 e. The fourth-order valence-electron chi connectivity index (χ4n) is 4.45. The number of ketones is 1. The maximum absolute atomic E-state index is 12.7. The number of hydrogen-bond acceptors (Lipinski definition) is 9. The van der Waals surface area contributed by atoms with Crippen LogP contribution in [-0.4, -0.2) is 66.8 Å². The number of aliphatic hydroxyl groups is 1. The topological polar surface area (TPSA) is 110 Å². The molecule has 3 heterocycles. The first-order valence-corrected chi connectivity index (χ1v) is 12.2. The Bertz CT molecular complexity index is 756. The first-order chi connectivity index (χ1) is 16.1. The van der Waals surface area contributed by atoms with Crippen molar-refractivity contribution in [3.8, 4) is 0 Å². The van der Waals surface area contributed by atoms with Gasteiger partial charge in [0.2, 0.25) is 5.79 Å². The lowest BCUT2D eigenvalue weighted by Crippen LogP contribution is -2.35. The molecule has 2 fully saturated rings. The summed E-state index contributed by atoms with van der Waals surface area (Å²) in [6, 6.07) is 0. The molecule has 0 amide bonds. The molecule has 0 radical (unpaired) electrons. The molecule has 34 heavy (non-hydrogen) atoms. The Balaban J connectivity index is 1.48. The second-order valence-corrected chi connectivity index (χ2v) is 9.58. The Kier molecular flexibility index (Phi) is 9.28. The van der Waals surface area contributed by atoms with Crippen molar-refractivity contribution in [3.05, 3.63) is 24.0 Å². The van der Waals surface area contributed by atoms with E-state index in [0.717, 1.165) is 38.5 Å². The zero-order valence-electron chi connectivity index (χ0n) is 20.5. The Hall–Kier alpha value is -1.78. The average Bonchev–Trinajstić information content (AvgIpc) is 3.36. The van der Waals surface area contributed by atoms with Gasteiger partial charge in [-0.2, -0.15) is 0 Å². The molecule has 0 aromatic carbocycles. The van der Waals surface area contributed by atoms with Gasteiger partial charge in [0.05, 0.1) is 51.4 Å². The minimum Gasteiger partial charge on any atom is -0.456 e. The minimum atomic E-state index is -1.10. The van der Waals surface area contributed by atoms with Crippen LogP contribution in [0.3, 0.4) is 0 Å². The zero-order chi connectivity index (χ0) is 24.7. The van der Waals surface area contributed by atoms with Crippen molar-refractivity contribution in [2.45, 2.75) is 95.6 Å². The average molecular weight is 483 g/mol. The molecule has 9 heteroatoms. The van der Waals surface area contributed by atoms with Crippen molar-refractivity contribution < 1.29 is 43.1 Å². The summed E-state index contributed by atoms with van der Waals surface area (Å²) >= 11 is 0. The van der Waals surface area contributed by atoms with E-state index in [9.17, 15) is 14.7 Å². The molecule has 0 saturated carbocycles. The highest BCUT2D eigenvalue weighted by atomic mass is 16.7. The van der Waals surface area contributed by atoms with Crippen molar-refractivity contribution in [1.82, 2.24) is 0 Å². The van der Waals surface area contributed by atoms with E-state index in [1.165, 1.54) is 6.08 Å². The van der Waals surface area contributed by atoms with Crippen LogP contribution in [0.1, 0.15) is 72.1 Å². The Morgan fingerprint density at radius 2 is 1.71 bits per heavy atom. The van der Waals surface area contributed by atoms with Crippen molar-refractivity contribution in [3.63, 3.8) is 0 Å². The Morgan fingerprint density at radius 3 is 2.35 bits per heavy atom. The van der Waals surface area contributed by atoms with E-state index in [-0.39, 0.29) is 30.5 Å². The number of ether oxygens (including phenoxy) is 6. The molecule has 9 nitrogen and oxygen atoms in total. The minimum absolute atomic E-state index is 0.0230. The fraction of sp³-hybridized carbons (Fsp3) is 0.760. The van der Waals surface area contributed by atoms with E-state index in [1.807, 2.05) is 12.2 Å². The molecule has 3 aliphatic heterocycles. The van der Waals surface area contributed by atoms with Crippen LogP contribution in [0.5, 0.6) is 0 Å². The van der Waals surface area contributed by atoms with E-state index in [4.69, 9.17) is 28.4 Å². The highest BCUT2D eigenvalue weighted by Crippen LogP contribution is 2.32. The summed E-state index contributed by atoms with van der Waals surface area (Å²) in [5.41, 5.74) is 0. The van der Waals surface area contributed by atoms with Crippen LogP contribution in [0.15, 0.2) is 24.0 Å². The summed E-state index contributed by atoms with van der Waals surface area (Å²) < 4.78 is 34.0. The van der Waals surface area contributed by atoms with Crippen molar-refractivity contribution in [1.29, 1.82) is 0 Å². The highest BCUT2D eigenvalue weighted by Gasteiger charge is 2.38.